The number of benzene rings is 1. The first-order valence-corrected chi connectivity index (χ1v) is 11.9. The van der Waals surface area contributed by atoms with E-state index < -0.39 is 0 Å². The first kappa shape index (κ1) is 24.1. The van der Waals surface area contributed by atoms with Crippen molar-refractivity contribution < 1.29 is 9.47 Å². The fraction of sp³-hybridized carbons (Fsp3) is 0.522. The van der Waals surface area contributed by atoms with Gasteiger partial charge in [-0.2, -0.15) is 0 Å². The molecule has 0 aliphatic carbocycles. The van der Waals surface area contributed by atoms with Crippen LogP contribution in [-0.2, 0) is 6.42 Å². The van der Waals surface area contributed by atoms with Gasteiger partial charge in [-0.25, -0.2) is 0 Å². The van der Waals surface area contributed by atoms with Gasteiger partial charge in [0, 0.05) is 42.7 Å². The van der Waals surface area contributed by atoms with Crippen LogP contribution in [0.4, 0.5) is 5.69 Å². The molecule has 2 aliphatic heterocycles. The molecule has 31 heavy (non-hydrogen) atoms. The lowest BCUT2D eigenvalue weighted by atomic mass is 10.1. The Morgan fingerprint density at radius 1 is 1.23 bits per heavy atom. The highest BCUT2D eigenvalue weighted by molar-refractivity contribution is 14.0. The third kappa shape index (κ3) is 7.25. The molecule has 3 heterocycles. The van der Waals surface area contributed by atoms with E-state index in [0.29, 0.717) is 19.1 Å². The van der Waals surface area contributed by atoms with Crippen molar-refractivity contribution in [3.05, 3.63) is 40.6 Å². The maximum Gasteiger partial charge on any atom is 0.195 e. The summed E-state index contributed by atoms with van der Waals surface area (Å²) in [5.74, 6) is 3.07. The lowest BCUT2D eigenvalue weighted by Crippen LogP contribution is -2.33. The third-order valence-electron chi connectivity index (χ3n) is 5.58. The maximum absolute atomic E-state index is 5.84. The van der Waals surface area contributed by atoms with Crippen molar-refractivity contribution in [1.29, 1.82) is 0 Å². The van der Waals surface area contributed by atoms with E-state index in [9.17, 15) is 0 Å². The van der Waals surface area contributed by atoms with E-state index >= 15 is 0 Å². The van der Waals surface area contributed by atoms with Gasteiger partial charge in [-0.05, 0) is 55.4 Å². The summed E-state index contributed by atoms with van der Waals surface area (Å²) in [6.07, 6.45) is 3.13. The summed E-state index contributed by atoms with van der Waals surface area (Å²) >= 11 is 1.80. The summed E-state index contributed by atoms with van der Waals surface area (Å²) in [6.45, 7) is 8.77. The zero-order valence-electron chi connectivity index (χ0n) is 18.1. The Kier molecular flexibility index (Phi) is 9.73. The van der Waals surface area contributed by atoms with E-state index in [1.807, 2.05) is 18.2 Å². The van der Waals surface area contributed by atoms with Crippen molar-refractivity contribution >= 4 is 47.0 Å². The minimum Gasteiger partial charge on any atom is -0.490 e. The second kappa shape index (κ2) is 12.5. The van der Waals surface area contributed by atoms with E-state index in [1.54, 1.807) is 11.3 Å². The first-order valence-electron chi connectivity index (χ1n) is 11.0. The number of hydrogen-bond donors (Lipinski definition) is 2. The first-order chi connectivity index (χ1) is 14.8. The van der Waals surface area contributed by atoms with E-state index in [2.05, 4.69) is 40.0 Å². The Labute approximate surface area is 206 Å². The smallest absolute Gasteiger partial charge is 0.195 e. The largest absolute Gasteiger partial charge is 0.490 e. The number of hydrogen-bond acceptors (Lipinski definition) is 5. The number of fused-ring (bicyclic) bond motifs is 1. The van der Waals surface area contributed by atoms with Gasteiger partial charge < -0.3 is 25.0 Å². The van der Waals surface area contributed by atoms with E-state index in [1.165, 1.54) is 17.8 Å². The quantitative estimate of drug-likeness (QED) is 0.300. The maximum atomic E-state index is 5.84. The standard InChI is InChI=1S/C23H32N4O2S.HI/c1-2-27-11-9-18(17-27)16-25-23(24-10-8-20-5-3-14-30-20)26-19-6-7-21-22(15-19)29-13-4-12-28-21;/h3,5-7,14-15,18H,2,4,8-13,16-17H2,1H3,(H2,24,25,26);1H. The Bertz CT molecular complexity index is 831. The predicted molar refractivity (Wildman–Crippen MR) is 140 cm³/mol. The van der Waals surface area contributed by atoms with E-state index in [-0.39, 0.29) is 24.0 Å². The number of aliphatic imine (C=N–C) groups is 1. The predicted octanol–water partition coefficient (Wildman–Crippen LogP) is 4.47. The molecular weight excluding hydrogens is 523 g/mol. The highest BCUT2D eigenvalue weighted by Crippen LogP contribution is 2.32. The molecule has 0 bridgehead atoms. The molecule has 0 amide bonds. The van der Waals surface area contributed by atoms with Crippen molar-refractivity contribution in [2.75, 3.05) is 51.3 Å². The topological polar surface area (TPSA) is 58.1 Å². The van der Waals surface area contributed by atoms with Crippen LogP contribution in [0.5, 0.6) is 11.5 Å². The molecule has 0 spiro atoms. The fourth-order valence-corrected chi connectivity index (χ4v) is 4.55. The molecule has 1 unspecified atom stereocenters. The molecule has 4 rings (SSSR count). The average Bonchev–Trinajstić information content (AvgIpc) is 3.39. The Morgan fingerprint density at radius 3 is 2.87 bits per heavy atom. The SMILES string of the molecule is CCN1CCC(CN=C(NCCc2cccs2)Nc2ccc3c(c2)OCCCO3)C1.I. The number of anilines is 1. The van der Waals surface area contributed by atoms with Gasteiger partial charge in [0.1, 0.15) is 0 Å². The van der Waals surface area contributed by atoms with Crippen molar-refractivity contribution in [3.8, 4) is 11.5 Å². The Morgan fingerprint density at radius 2 is 2.10 bits per heavy atom. The van der Waals surface area contributed by atoms with Gasteiger partial charge in [-0.15, -0.1) is 35.3 Å². The van der Waals surface area contributed by atoms with Crippen LogP contribution in [0.3, 0.4) is 0 Å². The lowest BCUT2D eigenvalue weighted by molar-refractivity contribution is 0.297. The van der Waals surface area contributed by atoms with Crippen LogP contribution < -0.4 is 20.1 Å². The van der Waals surface area contributed by atoms with Crippen LogP contribution in [0.15, 0.2) is 40.7 Å². The van der Waals surface area contributed by atoms with Gasteiger partial charge in [-0.1, -0.05) is 13.0 Å². The summed E-state index contributed by atoms with van der Waals surface area (Å²) < 4.78 is 11.6. The minimum absolute atomic E-state index is 0. The van der Waals surface area contributed by atoms with Crippen molar-refractivity contribution in [2.24, 2.45) is 10.9 Å². The molecule has 170 valence electrons. The molecule has 2 aliphatic rings. The van der Waals surface area contributed by atoms with Crippen LogP contribution in [0, 0.1) is 5.92 Å². The fourth-order valence-electron chi connectivity index (χ4n) is 3.85. The van der Waals surface area contributed by atoms with Crippen molar-refractivity contribution in [2.45, 2.75) is 26.2 Å². The number of thiophene rings is 1. The van der Waals surface area contributed by atoms with Crippen LogP contribution in [-0.4, -0.2) is 56.8 Å². The number of rotatable bonds is 7. The molecule has 2 aromatic rings. The zero-order chi connectivity index (χ0) is 20.6. The normalized spacial score (nSPS) is 18.9. The molecule has 0 saturated carbocycles. The zero-order valence-corrected chi connectivity index (χ0v) is 21.3. The van der Waals surface area contributed by atoms with Gasteiger partial charge in [0.2, 0.25) is 0 Å². The summed E-state index contributed by atoms with van der Waals surface area (Å²) in [6, 6.07) is 10.3. The molecule has 0 radical (unpaired) electrons. The van der Waals surface area contributed by atoms with Gasteiger partial charge >= 0.3 is 0 Å². The third-order valence-corrected chi connectivity index (χ3v) is 6.52. The number of nitrogens with one attached hydrogen (secondary N) is 2. The average molecular weight is 557 g/mol. The Hall–Kier alpha value is -1.52. The Balaban J connectivity index is 0.00000272. The number of guanidine groups is 1. The highest BCUT2D eigenvalue weighted by Gasteiger charge is 2.21. The molecule has 8 heteroatoms. The van der Waals surface area contributed by atoms with E-state index in [0.717, 1.165) is 62.2 Å². The lowest BCUT2D eigenvalue weighted by Gasteiger charge is -2.16. The van der Waals surface area contributed by atoms with Crippen LogP contribution in [0.1, 0.15) is 24.6 Å². The van der Waals surface area contributed by atoms with Gasteiger partial charge in [0.05, 0.1) is 13.2 Å². The van der Waals surface area contributed by atoms with Crippen LogP contribution in [0.2, 0.25) is 0 Å². The molecule has 1 fully saturated rings. The molecule has 1 aromatic carbocycles. The number of nitrogens with zero attached hydrogens (tertiary/aromatic N) is 2. The second-order valence-corrected chi connectivity index (χ2v) is 8.86. The molecule has 1 atom stereocenters. The second-order valence-electron chi connectivity index (χ2n) is 7.83. The minimum atomic E-state index is 0. The molecular formula is C23H33IN4O2S. The summed E-state index contributed by atoms with van der Waals surface area (Å²) in [4.78, 5) is 8.80. The monoisotopic (exact) mass is 556 g/mol. The highest BCUT2D eigenvalue weighted by atomic mass is 127. The van der Waals surface area contributed by atoms with Crippen molar-refractivity contribution in [3.63, 3.8) is 0 Å². The van der Waals surface area contributed by atoms with Crippen LogP contribution >= 0.6 is 35.3 Å². The molecule has 6 nitrogen and oxygen atoms in total. The number of halogens is 1. The summed E-state index contributed by atoms with van der Waals surface area (Å²) in [5, 5.41) is 9.10. The molecule has 2 N–H and O–H groups in total. The van der Waals surface area contributed by atoms with Gasteiger partial charge in [-0.3, -0.25) is 4.99 Å². The van der Waals surface area contributed by atoms with Gasteiger partial charge in [0.25, 0.3) is 0 Å². The van der Waals surface area contributed by atoms with E-state index in [4.69, 9.17) is 14.5 Å². The van der Waals surface area contributed by atoms with Crippen LogP contribution in [0.25, 0.3) is 0 Å². The molecule has 1 saturated heterocycles. The number of likely N-dealkylation sites (tertiary alicyclic amines) is 1. The van der Waals surface area contributed by atoms with Gasteiger partial charge in [0.15, 0.2) is 17.5 Å². The van der Waals surface area contributed by atoms with Crippen molar-refractivity contribution in [1.82, 2.24) is 10.2 Å². The summed E-state index contributed by atoms with van der Waals surface area (Å²) in [5.41, 5.74) is 0.961. The number of ether oxygens (including phenoxy) is 2. The molecule has 1 aromatic heterocycles. The summed E-state index contributed by atoms with van der Waals surface area (Å²) in [7, 11) is 0.